The molecule has 6 nitrogen and oxygen atoms in total. The van der Waals surface area contributed by atoms with Crippen molar-refractivity contribution in [3.63, 3.8) is 0 Å². The normalized spacial score (nSPS) is 12.2. The molecular formula is C33H29NO5S. The van der Waals surface area contributed by atoms with Gasteiger partial charge in [0.2, 0.25) is 5.89 Å². The lowest BCUT2D eigenvalue weighted by atomic mass is 10.1. The van der Waals surface area contributed by atoms with Gasteiger partial charge in [-0.15, -0.1) is 0 Å². The van der Waals surface area contributed by atoms with Crippen LogP contribution >= 0.6 is 0 Å². The van der Waals surface area contributed by atoms with E-state index in [4.69, 9.17) is 14.1 Å². The van der Waals surface area contributed by atoms with Crippen LogP contribution in [0.4, 0.5) is 0 Å². The van der Waals surface area contributed by atoms with Crippen LogP contribution in [0.3, 0.4) is 0 Å². The largest absolute Gasteiger partial charge is 0.454 e. The third-order valence-electron chi connectivity index (χ3n) is 6.81. The average Bonchev–Trinajstić information content (AvgIpc) is 3.36. The van der Waals surface area contributed by atoms with Crippen LogP contribution in [0.15, 0.2) is 112 Å². The molecule has 4 aromatic carbocycles. The number of aryl methyl sites for hydroxylation is 3. The number of hydrogen-bond acceptors (Lipinski definition) is 6. The predicted molar refractivity (Wildman–Crippen MR) is 154 cm³/mol. The third kappa shape index (κ3) is 5.46. The van der Waals surface area contributed by atoms with E-state index >= 15 is 0 Å². The first-order valence-corrected chi connectivity index (χ1v) is 14.4. The topological polar surface area (TPSA) is 86.5 Å². The number of esters is 1. The smallest absolute Gasteiger partial charge is 0.338 e. The summed E-state index contributed by atoms with van der Waals surface area (Å²) in [5.74, 6) is -0.102. The molecule has 1 aromatic heterocycles. The van der Waals surface area contributed by atoms with E-state index < -0.39 is 21.1 Å². The van der Waals surface area contributed by atoms with Crippen molar-refractivity contribution >= 4 is 15.8 Å². The van der Waals surface area contributed by atoms with Crippen LogP contribution in [0.1, 0.15) is 49.3 Å². The number of carbonyl (C=O) groups excluding carboxylic acids is 1. The maximum atomic E-state index is 14.2. The van der Waals surface area contributed by atoms with E-state index in [1.54, 1.807) is 60.7 Å². The molecule has 1 unspecified atom stereocenters. The maximum Gasteiger partial charge on any atom is 0.338 e. The van der Waals surface area contributed by atoms with Gasteiger partial charge in [0.15, 0.2) is 22.2 Å². The maximum absolute atomic E-state index is 14.2. The summed E-state index contributed by atoms with van der Waals surface area (Å²) in [7, 11) is -3.99. The van der Waals surface area contributed by atoms with Crippen molar-refractivity contribution in [3.05, 3.63) is 142 Å². The highest BCUT2D eigenvalue weighted by molar-refractivity contribution is 7.91. The molecular weight excluding hydrogens is 522 g/mol. The van der Waals surface area contributed by atoms with Gasteiger partial charge in [-0.1, -0.05) is 84.4 Å². The molecule has 7 heteroatoms. The van der Waals surface area contributed by atoms with E-state index in [1.807, 2.05) is 63.2 Å². The molecule has 202 valence electrons. The zero-order chi connectivity index (χ0) is 28.3. The molecule has 40 heavy (non-hydrogen) atoms. The van der Waals surface area contributed by atoms with Crippen LogP contribution < -0.4 is 0 Å². The summed E-state index contributed by atoms with van der Waals surface area (Å²) in [6.45, 7) is 5.37. The van der Waals surface area contributed by atoms with Gasteiger partial charge in [-0.2, -0.15) is 0 Å². The van der Waals surface area contributed by atoms with Gasteiger partial charge < -0.3 is 9.15 Å². The Bertz CT molecular complexity index is 1760. The molecule has 0 bridgehead atoms. The number of carbonyl (C=O) groups is 1. The quantitative estimate of drug-likeness (QED) is 0.190. The first kappa shape index (κ1) is 27.1. The molecule has 1 atom stereocenters. The second kappa shape index (κ2) is 11.3. The Labute approximate surface area is 234 Å². The summed E-state index contributed by atoms with van der Waals surface area (Å²) in [6, 6.07) is 30.3. The van der Waals surface area contributed by atoms with Gasteiger partial charge in [0.05, 0.1) is 10.5 Å². The summed E-state index contributed by atoms with van der Waals surface area (Å²) in [6.07, 6.45) is 0. The lowest BCUT2D eigenvalue weighted by Crippen LogP contribution is -2.18. The average molecular weight is 552 g/mol. The molecule has 0 N–H and O–H groups in total. The van der Waals surface area contributed by atoms with Crippen LogP contribution in [-0.2, 0) is 21.2 Å². The van der Waals surface area contributed by atoms with Gasteiger partial charge >= 0.3 is 5.97 Å². The number of aromatic nitrogens is 1. The van der Waals surface area contributed by atoms with Gasteiger partial charge in [0, 0.05) is 5.56 Å². The first-order chi connectivity index (χ1) is 19.3. The summed E-state index contributed by atoms with van der Waals surface area (Å²) in [4.78, 5) is 17.9. The van der Waals surface area contributed by atoms with E-state index in [2.05, 4.69) is 0 Å². The third-order valence-corrected chi connectivity index (χ3v) is 8.86. The van der Waals surface area contributed by atoms with Gasteiger partial charge in [0.25, 0.3) is 0 Å². The zero-order valence-electron chi connectivity index (χ0n) is 22.5. The highest BCUT2D eigenvalue weighted by Gasteiger charge is 2.36. The van der Waals surface area contributed by atoms with Gasteiger partial charge in [-0.05, 0) is 61.7 Å². The molecule has 0 radical (unpaired) electrons. The van der Waals surface area contributed by atoms with Crippen molar-refractivity contribution in [3.8, 4) is 11.5 Å². The van der Waals surface area contributed by atoms with Crippen LogP contribution in [0.25, 0.3) is 11.5 Å². The summed E-state index contributed by atoms with van der Waals surface area (Å²) >= 11 is 0. The second-order valence-electron chi connectivity index (χ2n) is 9.68. The lowest BCUT2D eigenvalue weighted by molar-refractivity contribution is 0.0444. The first-order valence-electron chi connectivity index (χ1n) is 12.9. The number of nitrogens with zero attached hydrogens (tertiary/aromatic N) is 1. The Hall–Kier alpha value is -4.49. The van der Waals surface area contributed by atoms with Crippen LogP contribution in [0, 0.1) is 20.8 Å². The minimum absolute atomic E-state index is 0.162. The van der Waals surface area contributed by atoms with E-state index in [1.165, 1.54) is 0 Å². The minimum Gasteiger partial charge on any atom is -0.454 e. The van der Waals surface area contributed by atoms with Crippen molar-refractivity contribution in [1.29, 1.82) is 0 Å². The highest BCUT2D eigenvalue weighted by atomic mass is 32.2. The van der Waals surface area contributed by atoms with Crippen molar-refractivity contribution in [2.75, 3.05) is 0 Å². The summed E-state index contributed by atoms with van der Waals surface area (Å²) < 4.78 is 40.3. The van der Waals surface area contributed by atoms with Crippen LogP contribution in [0.5, 0.6) is 0 Å². The fourth-order valence-electron chi connectivity index (χ4n) is 4.59. The molecule has 1 heterocycles. The van der Waals surface area contributed by atoms with Gasteiger partial charge in [-0.3, -0.25) is 0 Å². The Morgan fingerprint density at radius 3 is 2.10 bits per heavy atom. The van der Waals surface area contributed by atoms with Crippen molar-refractivity contribution in [2.45, 2.75) is 37.5 Å². The Balaban J connectivity index is 1.65. The standard InChI is InChI=1S/C33H29NO5S/c1-22-17-19-26(20-18-22)40(36,37)31(25-13-5-4-6-14-25)30-29(21-38-33(35)28-16-10-8-12-24(28)3)39-32(34-30)27-15-9-7-11-23(27)2/h4-20,31H,21H2,1-3H3. The molecule has 0 aliphatic rings. The molecule has 0 aliphatic heterocycles. The Morgan fingerprint density at radius 2 is 1.43 bits per heavy atom. The Kier molecular flexibility index (Phi) is 7.67. The van der Waals surface area contributed by atoms with Crippen LogP contribution in [-0.4, -0.2) is 19.4 Å². The van der Waals surface area contributed by atoms with Gasteiger partial charge in [0.1, 0.15) is 10.9 Å². The fourth-order valence-corrected chi connectivity index (χ4v) is 6.37. The van der Waals surface area contributed by atoms with Crippen molar-refractivity contribution in [1.82, 2.24) is 4.98 Å². The lowest BCUT2D eigenvalue weighted by Gasteiger charge is -2.18. The molecule has 0 saturated carbocycles. The van der Waals surface area contributed by atoms with Crippen LogP contribution in [0.2, 0.25) is 0 Å². The number of sulfone groups is 1. The van der Waals surface area contributed by atoms with Crippen molar-refractivity contribution < 1.29 is 22.4 Å². The highest BCUT2D eigenvalue weighted by Crippen LogP contribution is 2.39. The monoisotopic (exact) mass is 551 g/mol. The molecule has 0 amide bonds. The number of oxazole rings is 1. The SMILES string of the molecule is Cc1ccc(S(=O)(=O)C(c2ccccc2)c2nc(-c3ccccc3C)oc2COC(=O)c2ccccc2C)cc1. The Morgan fingerprint density at radius 1 is 0.800 bits per heavy atom. The number of benzene rings is 4. The molecule has 0 fully saturated rings. The molecule has 5 rings (SSSR count). The van der Waals surface area contributed by atoms with E-state index in [0.717, 1.165) is 22.3 Å². The molecule has 0 saturated heterocycles. The molecule has 5 aromatic rings. The van der Waals surface area contributed by atoms with Gasteiger partial charge in [-0.25, -0.2) is 18.2 Å². The fraction of sp³-hybridized carbons (Fsp3) is 0.152. The van der Waals surface area contributed by atoms with Crippen molar-refractivity contribution in [2.24, 2.45) is 0 Å². The molecule has 0 spiro atoms. The van der Waals surface area contributed by atoms with E-state index in [-0.39, 0.29) is 28.8 Å². The number of rotatable bonds is 8. The minimum atomic E-state index is -3.99. The molecule has 0 aliphatic carbocycles. The number of ether oxygens (including phenoxy) is 1. The van der Waals surface area contributed by atoms with E-state index in [0.29, 0.717) is 11.1 Å². The van der Waals surface area contributed by atoms with E-state index in [9.17, 15) is 13.2 Å². The number of hydrogen-bond donors (Lipinski definition) is 0. The second-order valence-corrected chi connectivity index (χ2v) is 11.7. The summed E-state index contributed by atoms with van der Waals surface area (Å²) in [5.41, 5.74) is 4.49. The predicted octanol–water partition coefficient (Wildman–Crippen LogP) is 7.19. The zero-order valence-corrected chi connectivity index (χ0v) is 23.3. The summed E-state index contributed by atoms with van der Waals surface area (Å²) in [5, 5.41) is -1.19.